The third-order valence-electron chi connectivity index (χ3n) is 3.42. The van der Waals surface area contributed by atoms with Crippen LogP contribution in [-0.2, 0) is 0 Å². The predicted octanol–water partition coefficient (Wildman–Crippen LogP) is 2.57. The van der Waals surface area contributed by atoms with Gasteiger partial charge in [-0.1, -0.05) is 32.0 Å². The maximum Gasteiger partial charge on any atom is 0.127 e. The Bertz CT molecular complexity index is 367. The molecule has 1 unspecified atom stereocenters. The van der Waals surface area contributed by atoms with Crippen LogP contribution in [0.4, 0.5) is 4.39 Å². The Morgan fingerprint density at radius 3 is 2.55 bits per heavy atom. The molecule has 0 aliphatic heterocycles. The highest BCUT2D eigenvalue weighted by molar-refractivity contribution is 5.21. The molecule has 0 aliphatic rings. The van der Waals surface area contributed by atoms with E-state index in [-0.39, 0.29) is 18.5 Å². The van der Waals surface area contributed by atoms with E-state index in [4.69, 9.17) is 5.11 Å². The second-order valence-electron chi connectivity index (χ2n) is 4.99. The van der Waals surface area contributed by atoms with Gasteiger partial charge in [-0.15, -0.1) is 0 Å². The molecule has 0 amide bonds. The first-order valence-corrected chi connectivity index (χ1v) is 7.53. The van der Waals surface area contributed by atoms with Crippen molar-refractivity contribution in [2.75, 3.05) is 32.8 Å². The van der Waals surface area contributed by atoms with Gasteiger partial charge in [0.05, 0.1) is 6.61 Å². The van der Waals surface area contributed by atoms with E-state index in [1.807, 2.05) is 19.1 Å². The van der Waals surface area contributed by atoms with E-state index in [1.165, 1.54) is 6.07 Å². The molecule has 0 aliphatic carbocycles. The van der Waals surface area contributed by atoms with Gasteiger partial charge in [-0.25, -0.2) is 4.39 Å². The summed E-state index contributed by atoms with van der Waals surface area (Å²) in [4.78, 5) is 2.23. The predicted molar refractivity (Wildman–Crippen MR) is 81.3 cm³/mol. The van der Waals surface area contributed by atoms with Crippen LogP contribution in [-0.4, -0.2) is 42.8 Å². The van der Waals surface area contributed by atoms with E-state index in [1.54, 1.807) is 6.07 Å². The molecule has 0 heterocycles. The van der Waals surface area contributed by atoms with Gasteiger partial charge < -0.3 is 15.3 Å². The summed E-state index contributed by atoms with van der Waals surface area (Å²) in [5.41, 5.74) is 0.731. The molecule has 1 aromatic rings. The number of benzene rings is 1. The largest absolute Gasteiger partial charge is 0.395 e. The zero-order chi connectivity index (χ0) is 14.8. The molecule has 0 fully saturated rings. The van der Waals surface area contributed by atoms with E-state index >= 15 is 0 Å². The topological polar surface area (TPSA) is 35.5 Å². The number of nitrogens with one attached hydrogen (secondary N) is 1. The van der Waals surface area contributed by atoms with Gasteiger partial charge in [-0.2, -0.15) is 0 Å². The van der Waals surface area contributed by atoms with Crippen molar-refractivity contribution in [3.05, 3.63) is 35.6 Å². The molecule has 0 aromatic heterocycles. The zero-order valence-corrected chi connectivity index (χ0v) is 12.6. The van der Waals surface area contributed by atoms with Crippen molar-refractivity contribution in [3.63, 3.8) is 0 Å². The van der Waals surface area contributed by atoms with Crippen LogP contribution >= 0.6 is 0 Å². The zero-order valence-electron chi connectivity index (χ0n) is 12.6. The number of aliphatic hydroxyl groups is 1. The molecule has 1 atom stereocenters. The highest BCUT2D eigenvalue weighted by Crippen LogP contribution is 2.20. The average Bonchev–Trinajstić information content (AvgIpc) is 2.44. The molecule has 0 spiro atoms. The summed E-state index contributed by atoms with van der Waals surface area (Å²) in [5, 5.41) is 12.4. The minimum atomic E-state index is -0.150. The molecule has 2 N–H and O–H groups in total. The van der Waals surface area contributed by atoms with Gasteiger partial charge in [0, 0.05) is 24.7 Å². The van der Waals surface area contributed by atoms with Crippen LogP contribution in [0.25, 0.3) is 0 Å². The SMILES string of the molecule is CCCN(CCO)CCC(NCC)c1ccccc1F. The van der Waals surface area contributed by atoms with Crippen LogP contribution < -0.4 is 5.32 Å². The first-order chi connectivity index (χ1) is 9.72. The van der Waals surface area contributed by atoms with Crippen LogP contribution in [0, 0.1) is 5.82 Å². The minimum Gasteiger partial charge on any atom is -0.395 e. The molecule has 0 radical (unpaired) electrons. The second-order valence-corrected chi connectivity index (χ2v) is 4.99. The van der Waals surface area contributed by atoms with Gasteiger partial charge in [-0.3, -0.25) is 0 Å². The van der Waals surface area contributed by atoms with Gasteiger partial charge in [-0.05, 0) is 32.0 Å². The maximum absolute atomic E-state index is 13.9. The lowest BCUT2D eigenvalue weighted by Gasteiger charge is -2.25. The number of aliphatic hydroxyl groups excluding tert-OH is 1. The Balaban J connectivity index is 2.65. The lowest BCUT2D eigenvalue weighted by atomic mass is 10.0. The van der Waals surface area contributed by atoms with Crippen molar-refractivity contribution in [2.24, 2.45) is 0 Å². The first-order valence-electron chi connectivity index (χ1n) is 7.53. The molecular weight excluding hydrogens is 255 g/mol. The Morgan fingerprint density at radius 1 is 1.20 bits per heavy atom. The molecule has 1 aromatic carbocycles. The summed E-state index contributed by atoms with van der Waals surface area (Å²) < 4.78 is 13.9. The fourth-order valence-electron chi connectivity index (χ4n) is 2.48. The lowest BCUT2D eigenvalue weighted by Crippen LogP contribution is -2.32. The normalized spacial score (nSPS) is 12.8. The van der Waals surface area contributed by atoms with Gasteiger partial charge in [0.1, 0.15) is 5.82 Å². The molecule has 0 saturated heterocycles. The average molecular weight is 282 g/mol. The van der Waals surface area contributed by atoms with Crippen molar-refractivity contribution in [1.82, 2.24) is 10.2 Å². The van der Waals surface area contributed by atoms with Crippen LogP contribution in [0.1, 0.15) is 38.3 Å². The standard InChI is InChI=1S/C16H27FN2O/c1-3-10-19(12-13-20)11-9-16(18-4-2)14-7-5-6-8-15(14)17/h5-8,16,18,20H,3-4,9-13H2,1-2H3. The summed E-state index contributed by atoms with van der Waals surface area (Å²) >= 11 is 0. The van der Waals surface area contributed by atoms with Gasteiger partial charge in [0.25, 0.3) is 0 Å². The summed E-state index contributed by atoms with van der Waals surface area (Å²) in [6.45, 7) is 7.66. The molecule has 1 rings (SSSR count). The first kappa shape index (κ1) is 17.1. The van der Waals surface area contributed by atoms with Crippen molar-refractivity contribution >= 4 is 0 Å². The molecular formula is C16H27FN2O. The van der Waals surface area contributed by atoms with Crippen LogP contribution in [0.3, 0.4) is 0 Å². The van der Waals surface area contributed by atoms with Crippen LogP contribution in [0.15, 0.2) is 24.3 Å². The third-order valence-corrected chi connectivity index (χ3v) is 3.42. The number of hydrogen-bond acceptors (Lipinski definition) is 3. The molecule has 114 valence electrons. The molecule has 0 saturated carbocycles. The third kappa shape index (κ3) is 5.57. The summed E-state index contributed by atoms with van der Waals surface area (Å²) in [7, 11) is 0. The lowest BCUT2D eigenvalue weighted by molar-refractivity contribution is 0.189. The Labute approximate surface area is 121 Å². The van der Waals surface area contributed by atoms with Crippen LogP contribution in [0.5, 0.6) is 0 Å². The molecule has 20 heavy (non-hydrogen) atoms. The fraction of sp³-hybridized carbons (Fsp3) is 0.625. The number of rotatable bonds is 10. The van der Waals surface area contributed by atoms with E-state index in [9.17, 15) is 4.39 Å². The summed E-state index contributed by atoms with van der Waals surface area (Å²) in [6, 6.07) is 6.98. The van der Waals surface area contributed by atoms with Crippen molar-refractivity contribution in [1.29, 1.82) is 0 Å². The summed E-state index contributed by atoms with van der Waals surface area (Å²) in [5.74, 6) is -0.150. The van der Waals surface area contributed by atoms with Gasteiger partial charge >= 0.3 is 0 Å². The summed E-state index contributed by atoms with van der Waals surface area (Å²) in [6.07, 6.45) is 1.90. The van der Waals surface area contributed by atoms with E-state index in [2.05, 4.69) is 17.1 Å². The number of halogens is 1. The second kappa shape index (κ2) is 9.86. The van der Waals surface area contributed by atoms with E-state index in [0.29, 0.717) is 6.54 Å². The highest BCUT2D eigenvalue weighted by Gasteiger charge is 2.15. The molecule has 4 heteroatoms. The Kier molecular flexibility index (Phi) is 8.42. The molecule has 0 bridgehead atoms. The Morgan fingerprint density at radius 2 is 1.95 bits per heavy atom. The van der Waals surface area contributed by atoms with E-state index < -0.39 is 0 Å². The highest BCUT2D eigenvalue weighted by atomic mass is 19.1. The van der Waals surface area contributed by atoms with Gasteiger partial charge in [0.15, 0.2) is 0 Å². The quantitative estimate of drug-likeness (QED) is 0.692. The fourth-order valence-corrected chi connectivity index (χ4v) is 2.48. The van der Waals surface area contributed by atoms with Crippen LogP contribution in [0.2, 0.25) is 0 Å². The number of nitrogens with zero attached hydrogens (tertiary/aromatic N) is 1. The monoisotopic (exact) mass is 282 g/mol. The van der Waals surface area contributed by atoms with E-state index in [0.717, 1.165) is 38.0 Å². The van der Waals surface area contributed by atoms with Crippen molar-refractivity contribution in [3.8, 4) is 0 Å². The molecule has 3 nitrogen and oxygen atoms in total. The van der Waals surface area contributed by atoms with Crippen molar-refractivity contribution < 1.29 is 9.50 Å². The Hall–Kier alpha value is -0.970. The minimum absolute atomic E-state index is 0.0271. The van der Waals surface area contributed by atoms with Gasteiger partial charge in [0.2, 0.25) is 0 Å². The van der Waals surface area contributed by atoms with Crippen molar-refractivity contribution in [2.45, 2.75) is 32.7 Å². The smallest absolute Gasteiger partial charge is 0.127 e. The number of hydrogen-bond donors (Lipinski definition) is 2. The maximum atomic E-state index is 13.9.